The van der Waals surface area contributed by atoms with Gasteiger partial charge in [0.15, 0.2) is 0 Å². The zero-order valence-corrected chi connectivity index (χ0v) is 10.1. The van der Waals surface area contributed by atoms with Crippen LogP contribution in [0.25, 0.3) is 0 Å². The van der Waals surface area contributed by atoms with Gasteiger partial charge in [-0.15, -0.1) is 0 Å². The van der Waals surface area contributed by atoms with E-state index in [9.17, 15) is 0 Å². The topological polar surface area (TPSA) is 26.0 Å². The van der Waals surface area contributed by atoms with E-state index < -0.39 is 0 Å². The Balaban J connectivity index is 2.61. The van der Waals surface area contributed by atoms with Gasteiger partial charge in [0.2, 0.25) is 0 Å². The highest BCUT2D eigenvalue weighted by Gasteiger charge is 2.11. The van der Waals surface area contributed by atoms with Crippen molar-refractivity contribution in [1.29, 1.82) is 0 Å². The molecule has 0 radical (unpaired) electrons. The van der Waals surface area contributed by atoms with E-state index in [1.807, 2.05) is 18.2 Å². The molecule has 0 bridgehead atoms. The lowest BCUT2D eigenvalue weighted by atomic mass is 9.93. The first-order valence-electron chi connectivity index (χ1n) is 5.74. The molecule has 0 amide bonds. The number of halogens is 1. The van der Waals surface area contributed by atoms with Crippen LogP contribution in [0.1, 0.15) is 44.1 Å². The van der Waals surface area contributed by atoms with Crippen molar-refractivity contribution in [3.8, 4) is 0 Å². The lowest BCUT2D eigenvalue weighted by molar-refractivity contribution is 0.572. The van der Waals surface area contributed by atoms with Crippen molar-refractivity contribution < 1.29 is 0 Å². The maximum atomic E-state index is 6.15. The molecule has 0 saturated carbocycles. The van der Waals surface area contributed by atoms with Gasteiger partial charge in [0.1, 0.15) is 0 Å². The van der Waals surface area contributed by atoms with E-state index in [0.29, 0.717) is 12.5 Å². The van der Waals surface area contributed by atoms with E-state index >= 15 is 0 Å². The van der Waals surface area contributed by atoms with Gasteiger partial charge in [-0.1, -0.05) is 56.0 Å². The van der Waals surface area contributed by atoms with Crippen LogP contribution < -0.4 is 5.73 Å². The zero-order valence-electron chi connectivity index (χ0n) is 9.38. The number of benzene rings is 1. The Bertz CT molecular complexity index is 286. The highest BCUT2D eigenvalue weighted by molar-refractivity contribution is 6.31. The molecular weight excluding hydrogens is 206 g/mol. The Morgan fingerprint density at radius 3 is 2.60 bits per heavy atom. The largest absolute Gasteiger partial charge is 0.330 e. The van der Waals surface area contributed by atoms with Gasteiger partial charge in [0, 0.05) is 5.02 Å². The molecule has 15 heavy (non-hydrogen) atoms. The van der Waals surface area contributed by atoms with Crippen molar-refractivity contribution in [2.24, 2.45) is 5.73 Å². The first kappa shape index (κ1) is 12.5. The number of rotatable bonds is 6. The molecule has 0 aliphatic rings. The smallest absolute Gasteiger partial charge is 0.0441 e. The molecule has 0 spiro atoms. The standard InChI is InChI=1S/C13H20ClN/c1-2-3-4-7-11(10-15)12-8-5-6-9-13(12)14/h5-6,8-9,11H,2-4,7,10,15H2,1H3. The van der Waals surface area contributed by atoms with E-state index in [4.69, 9.17) is 17.3 Å². The Kier molecular flexibility index (Phi) is 5.74. The third-order valence-electron chi connectivity index (χ3n) is 2.79. The molecule has 84 valence electrons. The van der Waals surface area contributed by atoms with Crippen molar-refractivity contribution in [2.45, 2.75) is 38.5 Å². The van der Waals surface area contributed by atoms with Gasteiger partial charge < -0.3 is 5.73 Å². The Labute approximate surface area is 97.6 Å². The lowest BCUT2D eigenvalue weighted by Crippen LogP contribution is -2.12. The second-order valence-corrected chi connectivity index (χ2v) is 4.36. The number of hydrogen-bond acceptors (Lipinski definition) is 1. The molecule has 1 unspecified atom stereocenters. The summed E-state index contributed by atoms with van der Waals surface area (Å²) >= 11 is 6.15. The quantitative estimate of drug-likeness (QED) is 0.729. The normalized spacial score (nSPS) is 12.7. The first-order chi connectivity index (χ1) is 7.29. The molecule has 0 aromatic heterocycles. The first-order valence-corrected chi connectivity index (χ1v) is 6.11. The molecule has 2 N–H and O–H groups in total. The fourth-order valence-corrected chi connectivity index (χ4v) is 2.14. The SMILES string of the molecule is CCCCCC(CN)c1ccccc1Cl. The molecule has 0 saturated heterocycles. The molecule has 1 atom stereocenters. The van der Waals surface area contributed by atoms with Gasteiger partial charge >= 0.3 is 0 Å². The zero-order chi connectivity index (χ0) is 11.1. The Morgan fingerprint density at radius 2 is 2.00 bits per heavy atom. The van der Waals surface area contributed by atoms with Crippen LogP contribution in [0.3, 0.4) is 0 Å². The fourth-order valence-electron chi connectivity index (χ4n) is 1.85. The van der Waals surface area contributed by atoms with Gasteiger partial charge in [0.05, 0.1) is 0 Å². The summed E-state index contributed by atoms with van der Waals surface area (Å²) in [6.07, 6.45) is 4.92. The van der Waals surface area contributed by atoms with Crippen LogP contribution in [-0.2, 0) is 0 Å². The van der Waals surface area contributed by atoms with Crippen molar-refractivity contribution >= 4 is 11.6 Å². The fraction of sp³-hybridized carbons (Fsp3) is 0.538. The maximum Gasteiger partial charge on any atom is 0.0441 e. The summed E-state index contributed by atoms with van der Waals surface area (Å²) in [6, 6.07) is 8.03. The second kappa shape index (κ2) is 6.86. The predicted molar refractivity (Wildman–Crippen MR) is 67.4 cm³/mol. The molecule has 0 fully saturated rings. The van der Waals surface area contributed by atoms with Gasteiger partial charge in [-0.3, -0.25) is 0 Å². The Hall–Kier alpha value is -0.530. The maximum absolute atomic E-state index is 6.15. The van der Waals surface area contributed by atoms with Crippen LogP contribution in [0.15, 0.2) is 24.3 Å². The van der Waals surface area contributed by atoms with Crippen LogP contribution in [0.5, 0.6) is 0 Å². The summed E-state index contributed by atoms with van der Waals surface area (Å²) < 4.78 is 0. The number of hydrogen-bond donors (Lipinski definition) is 1. The van der Waals surface area contributed by atoms with Crippen LogP contribution in [0.2, 0.25) is 5.02 Å². The van der Waals surface area contributed by atoms with Crippen molar-refractivity contribution in [3.05, 3.63) is 34.9 Å². The van der Waals surface area contributed by atoms with Crippen LogP contribution in [-0.4, -0.2) is 6.54 Å². The van der Waals surface area contributed by atoms with Crippen molar-refractivity contribution in [2.75, 3.05) is 6.54 Å². The average molecular weight is 226 g/mol. The van der Waals surface area contributed by atoms with E-state index in [-0.39, 0.29) is 0 Å². The highest BCUT2D eigenvalue weighted by atomic mass is 35.5. The monoisotopic (exact) mass is 225 g/mol. The summed E-state index contributed by atoms with van der Waals surface area (Å²) in [5, 5.41) is 0.851. The molecule has 1 aromatic rings. The van der Waals surface area contributed by atoms with Crippen LogP contribution >= 0.6 is 11.6 Å². The van der Waals surface area contributed by atoms with Gasteiger partial charge in [-0.25, -0.2) is 0 Å². The summed E-state index contributed by atoms with van der Waals surface area (Å²) in [4.78, 5) is 0. The number of nitrogens with two attached hydrogens (primary N) is 1. The van der Waals surface area contributed by atoms with E-state index in [1.165, 1.54) is 24.8 Å². The molecule has 1 aromatic carbocycles. The van der Waals surface area contributed by atoms with E-state index in [2.05, 4.69) is 13.0 Å². The van der Waals surface area contributed by atoms with Crippen molar-refractivity contribution in [3.63, 3.8) is 0 Å². The summed E-state index contributed by atoms with van der Waals surface area (Å²) in [5.41, 5.74) is 7.00. The van der Waals surface area contributed by atoms with Gasteiger partial charge in [-0.05, 0) is 30.5 Å². The van der Waals surface area contributed by atoms with Crippen LogP contribution in [0.4, 0.5) is 0 Å². The molecule has 0 aliphatic carbocycles. The minimum absolute atomic E-state index is 0.422. The minimum atomic E-state index is 0.422. The third kappa shape index (κ3) is 3.84. The molecule has 0 aliphatic heterocycles. The molecule has 0 heterocycles. The van der Waals surface area contributed by atoms with E-state index in [0.717, 1.165) is 11.4 Å². The lowest BCUT2D eigenvalue weighted by Gasteiger charge is -2.16. The predicted octanol–water partition coefficient (Wildman–Crippen LogP) is 3.96. The van der Waals surface area contributed by atoms with Gasteiger partial charge in [0.25, 0.3) is 0 Å². The van der Waals surface area contributed by atoms with Gasteiger partial charge in [-0.2, -0.15) is 0 Å². The summed E-state index contributed by atoms with van der Waals surface area (Å²) in [5.74, 6) is 0.422. The molecule has 2 heteroatoms. The third-order valence-corrected chi connectivity index (χ3v) is 3.13. The summed E-state index contributed by atoms with van der Waals surface area (Å²) in [7, 11) is 0. The molecule has 1 nitrogen and oxygen atoms in total. The van der Waals surface area contributed by atoms with Crippen molar-refractivity contribution in [1.82, 2.24) is 0 Å². The number of unbranched alkanes of at least 4 members (excludes halogenated alkanes) is 2. The molecular formula is C13H20ClN. The van der Waals surface area contributed by atoms with E-state index in [1.54, 1.807) is 0 Å². The van der Waals surface area contributed by atoms with Crippen LogP contribution in [0, 0.1) is 0 Å². The highest BCUT2D eigenvalue weighted by Crippen LogP contribution is 2.27. The Morgan fingerprint density at radius 1 is 1.27 bits per heavy atom. The second-order valence-electron chi connectivity index (χ2n) is 3.95. The summed E-state index contributed by atoms with van der Waals surface area (Å²) in [6.45, 7) is 2.90. The average Bonchev–Trinajstić information content (AvgIpc) is 2.26. The minimum Gasteiger partial charge on any atom is -0.330 e. The molecule has 1 rings (SSSR count).